The predicted molar refractivity (Wildman–Crippen MR) is 116 cm³/mol. The highest BCUT2D eigenvalue weighted by Crippen LogP contribution is 2.53. The van der Waals surface area contributed by atoms with Crippen molar-refractivity contribution in [2.75, 3.05) is 35.0 Å². The summed E-state index contributed by atoms with van der Waals surface area (Å²) in [6, 6.07) is 10.5. The van der Waals surface area contributed by atoms with Crippen LogP contribution in [-0.2, 0) is 0 Å². The number of hydrogen-bond donors (Lipinski definition) is 1. The maximum absolute atomic E-state index is 9.04. The van der Waals surface area contributed by atoms with Gasteiger partial charge in [0.15, 0.2) is 11.5 Å². The minimum Gasteiger partial charge on any atom is -0.492 e. The highest BCUT2D eigenvalue weighted by Gasteiger charge is 2.30. The first kappa shape index (κ1) is 22.9. The van der Waals surface area contributed by atoms with Gasteiger partial charge in [-0.25, -0.2) is 0 Å². The topological polar surface area (TPSA) is 57.2 Å². The molecule has 0 aliphatic heterocycles. The van der Waals surface area contributed by atoms with Crippen LogP contribution in [0, 0.1) is 6.92 Å². The number of rotatable bonds is 12. The van der Waals surface area contributed by atoms with Gasteiger partial charge in [0.2, 0.25) is 11.5 Å². The Bertz CT molecular complexity index is 758. The standard InChI is InChI=1S/C24H34O5/c1-17-20(22(27-3)24(29-5)23(28-4)21(17)26-2)19(15-11-6-7-12-16-25)18-13-9-8-10-14-18/h8-10,13-14,19,25H,6-7,11-12,15-16H2,1-5H3. The van der Waals surface area contributed by atoms with Crippen molar-refractivity contribution in [3.05, 3.63) is 47.0 Å². The molecule has 5 nitrogen and oxygen atoms in total. The number of aliphatic hydroxyl groups excluding tert-OH is 1. The number of methoxy groups -OCH3 is 4. The molecule has 2 aromatic rings. The second-order valence-corrected chi connectivity index (χ2v) is 7.06. The van der Waals surface area contributed by atoms with E-state index in [0.717, 1.165) is 43.2 Å². The third kappa shape index (κ3) is 5.15. The molecule has 0 fully saturated rings. The molecule has 29 heavy (non-hydrogen) atoms. The molecule has 0 aromatic heterocycles. The van der Waals surface area contributed by atoms with Gasteiger partial charge in [-0.1, -0.05) is 49.6 Å². The van der Waals surface area contributed by atoms with E-state index in [9.17, 15) is 0 Å². The summed E-state index contributed by atoms with van der Waals surface area (Å²) in [5.74, 6) is 2.58. The normalized spacial score (nSPS) is 11.8. The van der Waals surface area contributed by atoms with E-state index < -0.39 is 0 Å². The van der Waals surface area contributed by atoms with Crippen LogP contribution >= 0.6 is 0 Å². The highest BCUT2D eigenvalue weighted by molar-refractivity contribution is 5.68. The van der Waals surface area contributed by atoms with Crippen molar-refractivity contribution >= 4 is 0 Å². The predicted octanol–water partition coefficient (Wildman–Crippen LogP) is 5.10. The molecule has 2 rings (SSSR count). The average molecular weight is 403 g/mol. The zero-order valence-electron chi connectivity index (χ0n) is 18.3. The Hall–Kier alpha value is -2.40. The Morgan fingerprint density at radius 1 is 0.724 bits per heavy atom. The molecule has 1 unspecified atom stereocenters. The van der Waals surface area contributed by atoms with Gasteiger partial charge in [-0.3, -0.25) is 0 Å². The van der Waals surface area contributed by atoms with E-state index in [0.29, 0.717) is 23.0 Å². The van der Waals surface area contributed by atoms with E-state index in [1.165, 1.54) is 5.56 Å². The first-order chi connectivity index (χ1) is 14.1. The van der Waals surface area contributed by atoms with Crippen molar-refractivity contribution < 1.29 is 24.1 Å². The molecule has 0 saturated carbocycles. The van der Waals surface area contributed by atoms with E-state index in [2.05, 4.69) is 24.3 Å². The van der Waals surface area contributed by atoms with E-state index in [1.807, 2.05) is 13.0 Å². The molecule has 2 aromatic carbocycles. The monoisotopic (exact) mass is 402 g/mol. The third-order valence-corrected chi connectivity index (χ3v) is 5.38. The Morgan fingerprint density at radius 3 is 1.83 bits per heavy atom. The van der Waals surface area contributed by atoms with Gasteiger partial charge >= 0.3 is 0 Å². The fourth-order valence-electron chi connectivity index (χ4n) is 4.01. The summed E-state index contributed by atoms with van der Waals surface area (Å²) in [7, 11) is 6.53. The molecule has 160 valence electrons. The van der Waals surface area contributed by atoms with Crippen LogP contribution in [0.15, 0.2) is 30.3 Å². The SMILES string of the molecule is COc1c(C)c(C(CCCCCCO)c2ccccc2)c(OC)c(OC)c1OC. The first-order valence-electron chi connectivity index (χ1n) is 10.2. The Balaban J connectivity index is 2.59. The molecule has 0 aliphatic carbocycles. The van der Waals surface area contributed by atoms with E-state index in [4.69, 9.17) is 24.1 Å². The molecular weight excluding hydrogens is 368 g/mol. The van der Waals surface area contributed by atoms with E-state index in [-0.39, 0.29) is 12.5 Å². The van der Waals surface area contributed by atoms with Crippen LogP contribution in [-0.4, -0.2) is 40.2 Å². The summed E-state index contributed by atoms with van der Waals surface area (Å²) in [5, 5.41) is 9.04. The summed E-state index contributed by atoms with van der Waals surface area (Å²) < 4.78 is 22.8. The fourth-order valence-corrected chi connectivity index (χ4v) is 4.01. The summed E-state index contributed by atoms with van der Waals surface area (Å²) in [6.07, 6.45) is 4.98. The lowest BCUT2D eigenvalue weighted by molar-refractivity contribution is 0.282. The van der Waals surface area contributed by atoms with Crippen LogP contribution in [0.25, 0.3) is 0 Å². The van der Waals surface area contributed by atoms with Crippen LogP contribution < -0.4 is 18.9 Å². The lowest BCUT2D eigenvalue weighted by Crippen LogP contribution is -2.10. The average Bonchev–Trinajstić information content (AvgIpc) is 2.76. The maximum Gasteiger partial charge on any atom is 0.207 e. The van der Waals surface area contributed by atoms with Gasteiger partial charge in [0.1, 0.15) is 0 Å². The van der Waals surface area contributed by atoms with Crippen LogP contribution in [0.2, 0.25) is 0 Å². The number of hydrogen-bond acceptors (Lipinski definition) is 5. The van der Waals surface area contributed by atoms with Crippen molar-refractivity contribution in [2.45, 2.75) is 44.9 Å². The zero-order valence-corrected chi connectivity index (χ0v) is 18.3. The third-order valence-electron chi connectivity index (χ3n) is 5.38. The van der Waals surface area contributed by atoms with E-state index >= 15 is 0 Å². The molecule has 0 aliphatic rings. The summed E-state index contributed by atoms with van der Waals surface area (Å²) >= 11 is 0. The number of unbranched alkanes of at least 4 members (excludes halogenated alkanes) is 3. The second-order valence-electron chi connectivity index (χ2n) is 7.06. The smallest absolute Gasteiger partial charge is 0.207 e. The molecule has 1 N–H and O–H groups in total. The molecular formula is C24H34O5. The van der Waals surface area contributed by atoms with Crippen molar-refractivity contribution in [1.29, 1.82) is 0 Å². The molecule has 0 amide bonds. The highest BCUT2D eigenvalue weighted by atomic mass is 16.5. The lowest BCUT2D eigenvalue weighted by atomic mass is 9.83. The Labute approximate surface area is 174 Å². The van der Waals surface area contributed by atoms with Crippen LogP contribution in [0.5, 0.6) is 23.0 Å². The zero-order chi connectivity index (χ0) is 21.2. The molecule has 1 atom stereocenters. The molecule has 5 heteroatoms. The van der Waals surface area contributed by atoms with Crippen LogP contribution in [0.3, 0.4) is 0 Å². The Morgan fingerprint density at radius 2 is 1.28 bits per heavy atom. The summed E-state index contributed by atoms with van der Waals surface area (Å²) in [5.41, 5.74) is 3.28. The summed E-state index contributed by atoms with van der Waals surface area (Å²) in [6.45, 7) is 2.29. The van der Waals surface area contributed by atoms with Gasteiger partial charge < -0.3 is 24.1 Å². The van der Waals surface area contributed by atoms with Crippen LogP contribution in [0.1, 0.15) is 54.7 Å². The maximum atomic E-state index is 9.04. The lowest BCUT2D eigenvalue weighted by Gasteiger charge is -2.27. The number of aliphatic hydroxyl groups is 1. The van der Waals surface area contributed by atoms with Crippen molar-refractivity contribution in [3.8, 4) is 23.0 Å². The first-order valence-corrected chi connectivity index (χ1v) is 10.2. The second kappa shape index (κ2) is 11.6. The molecule has 0 bridgehead atoms. The van der Waals surface area contributed by atoms with Gasteiger partial charge in [-0.15, -0.1) is 0 Å². The van der Waals surface area contributed by atoms with E-state index in [1.54, 1.807) is 28.4 Å². The largest absolute Gasteiger partial charge is 0.492 e. The van der Waals surface area contributed by atoms with Crippen molar-refractivity contribution in [1.82, 2.24) is 0 Å². The van der Waals surface area contributed by atoms with Gasteiger partial charge in [0.05, 0.1) is 28.4 Å². The van der Waals surface area contributed by atoms with Gasteiger partial charge in [0, 0.05) is 23.7 Å². The van der Waals surface area contributed by atoms with Crippen LogP contribution in [0.4, 0.5) is 0 Å². The molecule has 0 saturated heterocycles. The van der Waals surface area contributed by atoms with Crippen molar-refractivity contribution in [2.24, 2.45) is 0 Å². The molecule has 0 spiro atoms. The molecule has 0 radical (unpaired) electrons. The molecule has 0 heterocycles. The van der Waals surface area contributed by atoms with Crippen molar-refractivity contribution in [3.63, 3.8) is 0 Å². The number of ether oxygens (including phenoxy) is 4. The number of benzene rings is 2. The minimum absolute atomic E-state index is 0.133. The summed E-state index contributed by atoms with van der Waals surface area (Å²) in [4.78, 5) is 0. The quantitative estimate of drug-likeness (QED) is 0.500. The fraction of sp³-hybridized carbons (Fsp3) is 0.500. The van der Waals surface area contributed by atoms with Gasteiger partial charge in [-0.2, -0.15) is 0 Å². The minimum atomic E-state index is 0.133. The van der Waals surface area contributed by atoms with Gasteiger partial charge in [-0.05, 0) is 25.3 Å². The van der Waals surface area contributed by atoms with Gasteiger partial charge in [0.25, 0.3) is 0 Å². The Kier molecular flexibility index (Phi) is 9.13.